The van der Waals surface area contributed by atoms with Crippen LogP contribution in [0, 0.1) is 5.82 Å². The van der Waals surface area contributed by atoms with Gasteiger partial charge in [0.25, 0.3) is 0 Å². The number of aromatic nitrogens is 2. The minimum Gasteiger partial charge on any atom is -0.339 e. The zero-order valence-electron chi connectivity index (χ0n) is 17.7. The van der Waals surface area contributed by atoms with Crippen LogP contribution in [0.2, 0.25) is 0 Å². The molecule has 0 radical (unpaired) electrons. The molecule has 1 fully saturated rings. The van der Waals surface area contributed by atoms with E-state index in [1.807, 2.05) is 30.3 Å². The first-order chi connectivity index (χ1) is 15.9. The van der Waals surface area contributed by atoms with Crippen molar-refractivity contribution in [3.05, 3.63) is 83.8 Å². The van der Waals surface area contributed by atoms with E-state index in [1.165, 1.54) is 33.6 Å². The molecule has 1 aromatic heterocycles. The predicted molar refractivity (Wildman–Crippen MR) is 127 cm³/mol. The number of sulfonamides is 1. The standard InChI is InChI=1S/C23H23FN4O3S2/c24-20-7-4-8-21(17-20)28-11-10-25-23(28)32-18-22(29)26-12-14-27(15-13-26)33(30,31)16-9-19-5-2-1-3-6-19/h1-11,16-17H,12-15,18H2/b16-9+. The first-order valence-electron chi connectivity index (χ1n) is 10.4. The van der Waals surface area contributed by atoms with Gasteiger partial charge in [0, 0.05) is 44.0 Å². The fourth-order valence-corrected chi connectivity index (χ4v) is 5.49. The van der Waals surface area contributed by atoms with E-state index in [1.54, 1.807) is 40.1 Å². The first-order valence-corrected chi connectivity index (χ1v) is 12.8. The molecule has 172 valence electrons. The van der Waals surface area contributed by atoms with Crippen LogP contribution in [0.5, 0.6) is 0 Å². The molecule has 1 aliphatic rings. The lowest BCUT2D eigenvalue weighted by atomic mass is 10.2. The van der Waals surface area contributed by atoms with Crippen LogP contribution in [0.25, 0.3) is 11.8 Å². The number of halogens is 1. The van der Waals surface area contributed by atoms with E-state index in [0.717, 1.165) is 5.56 Å². The van der Waals surface area contributed by atoms with Gasteiger partial charge >= 0.3 is 0 Å². The lowest BCUT2D eigenvalue weighted by Crippen LogP contribution is -2.50. The molecule has 3 aromatic rings. The van der Waals surface area contributed by atoms with E-state index in [9.17, 15) is 17.6 Å². The number of hydrogen-bond acceptors (Lipinski definition) is 5. The number of rotatable bonds is 7. The second kappa shape index (κ2) is 10.3. The number of nitrogens with zero attached hydrogens (tertiary/aromatic N) is 4. The molecule has 1 aliphatic heterocycles. The third-order valence-electron chi connectivity index (χ3n) is 5.20. The molecule has 0 atom stereocenters. The van der Waals surface area contributed by atoms with Gasteiger partial charge in [0.1, 0.15) is 5.82 Å². The molecule has 33 heavy (non-hydrogen) atoms. The van der Waals surface area contributed by atoms with Gasteiger partial charge in [0.05, 0.1) is 11.4 Å². The second-order valence-electron chi connectivity index (χ2n) is 7.39. The first kappa shape index (κ1) is 23.2. The monoisotopic (exact) mass is 486 g/mol. The number of carbonyl (C=O) groups is 1. The van der Waals surface area contributed by atoms with Crippen LogP contribution in [-0.4, -0.2) is 65.0 Å². The van der Waals surface area contributed by atoms with Gasteiger partial charge in [-0.3, -0.25) is 9.36 Å². The van der Waals surface area contributed by atoms with E-state index in [-0.39, 0.29) is 30.6 Å². The number of imidazole rings is 1. The Labute approximate surface area is 196 Å². The van der Waals surface area contributed by atoms with Crippen LogP contribution in [0.4, 0.5) is 4.39 Å². The molecule has 0 bridgehead atoms. The Kier molecular flexibility index (Phi) is 7.26. The van der Waals surface area contributed by atoms with Crippen molar-refractivity contribution in [2.24, 2.45) is 0 Å². The second-order valence-corrected chi connectivity index (χ2v) is 10.1. The lowest BCUT2D eigenvalue weighted by Gasteiger charge is -2.33. The Hall–Kier alpha value is -2.95. The maximum atomic E-state index is 13.5. The van der Waals surface area contributed by atoms with Crippen LogP contribution in [-0.2, 0) is 14.8 Å². The molecule has 0 saturated carbocycles. The van der Waals surface area contributed by atoms with Crippen molar-refractivity contribution in [3.8, 4) is 5.69 Å². The summed E-state index contributed by atoms with van der Waals surface area (Å²) < 4.78 is 41.9. The summed E-state index contributed by atoms with van der Waals surface area (Å²) in [5.74, 6) is -0.280. The highest BCUT2D eigenvalue weighted by molar-refractivity contribution is 7.99. The summed E-state index contributed by atoms with van der Waals surface area (Å²) in [6, 6.07) is 15.4. The number of amides is 1. The summed E-state index contributed by atoms with van der Waals surface area (Å²) in [4.78, 5) is 18.6. The minimum atomic E-state index is -3.55. The molecule has 0 spiro atoms. The summed E-state index contributed by atoms with van der Waals surface area (Å²) in [5, 5.41) is 1.79. The molecule has 4 rings (SSSR count). The molecule has 0 aliphatic carbocycles. The molecular formula is C23H23FN4O3S2. The van der Waals surface area contributed by atoms with Crippen LogP contribution >= 0.6 is 11.8 Å². The molecule has 7 nitrogen and oxygen atoms in total. The molecule has 1 amide bonds. The molecule has 2 heterocycles. The Morgan fingerprint density at radius 3 is 2.55 bits per heavy atom. The molecule has 0 N–H and O–H groups in total. The zero-order valence-corrected chi connectivity index (χ0v) is 19.4. The Bertz CT molecular complexity index is 1240. The number of hydrogen-bond donors (Lipinski definition) is 0. The lowest BCUT2D eigenvalue weighted by molar-refractivity contribution is -0.129. The minimum absolute atomic E-state index is 0.0920. The average molecular weight is 487 g/mol. The summed E-state index contributed by atoms with van der Waals surface area (Å²) in [6.07, 6.45) is 4.89. The van der Waals surface area contributed by atoms with E-state index < -0.39 is 10.0 Å². The SMILES string of the molecule is O=C(CSc1nccn1-c1cccc(F)c1)N1CCN(S(=O)(=O)/C=C/c2ccccc2)CC1. The quantitative estimate of drug-likeness (QED) is 0.480. The summed E-state index contributed by atoms with van der Waals surface area (Å²) >= 11 is 1.26. The van der Waals surface area contributed by atoms with Gasteiger partial charge in [0.2, 0.25) is 15.9 Å². The molecule has 10 heteroatoms. The highest BCUT2D eigenvalue weighted by Crippen LogP contribution is 2.22. The van der Waals surface area contributed by atoms with E-state index in [4.69, 9.17) is 0 Å². The Morgan fingerprint density at radius 2 is 1.82 bits per heavy atom. The largest absolute Gasteiger partial charge is 0.339 e. The molecule has 1 saturated heterocycles. The number of benzene rings is 2. The van der Waals surface area contributed by atoms with E-state index in [0.29, 0.717) is 23.9 Å². The van der Waals surface area contributed by atoms with Crippen molar-refractivity contribution in [1.82, 2.24) is 18.8 Å². The van der Waals surface area contributed by atoms with Gasteiger partial charge < -0.3 is 4.90 Å². The zero-order chi connectivity index (χ0) is 23.3. The van der Waals surface area contributed by atoms with Gasteiger partial charge in [-0.15, -0.1) is 0 Å². The van der Waals surface area contributed by atoms with Crippen molar-refractivity contribution in [3.63, 3.8) is 0 Å². The van der Waals surface area contributed by atoms with Crippen LogP contribution < -0.4 is 0 Å². The van der Waals surface area contributed by atoms with Gasteiger partial charge in [-0.1, -0.05) is 48.2 Å². The number of thioether (sulfide) groups is 1. The summed E-state index contributed by atoms with van der Waals surface area (Å²) in [5.41, 5.74) is 1.44. The van der Waals surface area contributed by atoms with Crippen molar-refractivity contribution in [2.45, 2.75) is 5.16 Å². The number of carbonyl (C=O) groups excluding carboxylic acids is 1. The van der Waals surface area contributed by atoms with Crippen molar-refractivity contribution in [1.29, 1.82) is 0 Å². The third-order valence-corrected chi connectivity index (χ3v) is 7.72. The highest BCUT2D eigenvalue weighted by Gasteiger charge is 2.27. The average Bonchev–Trinajstić information content (AvgIpc) is 3.31. The van der Waals surface area contributed by atoms with Gasteiger partial charge in [-0.05, 0) is 29.8 Å². The maximum Gasteiger partial charge on any atom is 0.236 e. The Balaban J connectivity index is 1.31. The van der Waals surface area contributed by atoms with Crippen molar-refractivity contribution < 1.29 is 17.6 Å². The number of piperazine rings is 1. The third kappa shape index (κ3) is 5.89. The molecule has 0 unspecified atom stereocenters. The van der Waals surface area contributed by atoms with Crippen LogP contribution in [0.15, 0.2) is 77.6 Å². The van der Waals surface area contributed by atoms with E-state index >= 15 is 0 Å². The van der Waals surface area contributed by atoms with Gasteiger partial charge in [-0.2, -0.15) is 4.31 Å². The Morgan fingerprint density at radius 1 is 1.06 bits per heavy atom. The fourth-order valence-electron chi connectivity index (χ4n) is 3.44. The fraction of sp³-hybridized carbons (Fsp3) is 0.217. The van der Waals surface area contributed by atoms with Crippen molar-refractivity contribution in [2.75, 3.05) is 31.9 Å². The summed E-state index contributed by atoms with van der Waals surface area (Å²) in [6.45, 7) is 1.15. The van der Waals surface area contributed by atoms with E-state index in [2.05, 4.69) is 4.98 Å². The van der Waals surface area contributed by atoms with Gasteiger partial charge in [-0.25, -0.2) is 17.8 Å². The van der Waals surface area contributed by atoms with Crippen LogP contribution in [0.1, 0.15) is 5.56 Å². The highest BCUT2D eigenvalue weighted by atomic mass is 32.2. The smallest absolute Gasteiger partial charge is 0.236 e. The predicted octanol–water partition coefficient (Wildman–Crippen LogP) is 3.25. The topological polar surface area (TPSA) is 75.5 Å². The molecule has 2 aromatic carbocycles. The normalized spacial score (nSPS) is 15.2. The maximum absolute atomic E-state index is 13.5. The molecular weight excluding hydrogens is 463 g/mol. The van der Waals surface area contributed by atoms with Gasteiger partial charge in [0.15, 0.2) is 5.16 Å². The van der Waals surface area contributed by atoms with Crippen LogP contribution in [0.3, 0.4) is 0 Å². The summed E-state index contributed by atoms with van der Waals surface area (Å²) in [7, 11) is -3.55. The van der Waals surface area contributed by atoms with Crippen molar-refractivity contribution >= 4 is 33.8 Å².